The summed E-state index contributed by atoms with van der Waals surface area (Å²) in [7, 11) is -3.47. The van der Waals surface area contributed by atoms with Crippen molar-refractivity contribution in [3.63, 3.8) is 0 Å². The largest absolute Gasteiger partial charge is 1.00 e. The van der Waals surface area contributed by atoms with E-state index in [2.05, 4.69) is 0 Å². The van der Waals surface area contributed by atoms with E-state index in [1.54, 1.807) is 0 Å². The van der Waals surface area contributed by atoms with Crippen molar-refractivity contribution in [2.24, 2.45) is 5.14 Å². The molecule has 6 heteroatoms. The van der Waals surface area contributed by atoms with Crippen molar-refractivity contribution in [2.45, 2.75) is 0 Å². The topological polar surface area (TPSA) is 60.2 Å². The van der Waals surface area contributed by atoms with E-state index < -0.39 is 10.0 Å². The molecule has 0 aliphatic rings. The van der Waals surface area contributed by atoms with Crippen molar-refractivity contribution in [3.8, 4) is 0 Å². The molecule has 0 spiro atoms. The Morgan fingerprint density at radius 3 is 2.67 bits per heavy atom. The van der Waals surface area contributed by atoms with Crippen LogP contribution in [0, 0.1) is 0 Å². The smallest absolute Gasteiger partial charge is 1.00 e. The summed E-state index contributed by atoms with van der Waals surface area (Å²) >= 11 is 1.46. The van der Waals surface area contributed by atoms with E-state index in [0.29, 0.717) is 0 Å². The van der Waals surface area contributed by atoms with Crippen molar-refractivity contribution in [1.29, 1.82) is 0 Å². The maximum Gasteiger partial charge on any atom is 1.00 e. The average Bonchev–Trinajstić information content (AvgIpc) is 2.32. The molecule has 0 amide bonds. The second-order valence-corrected chi connectivity index (χ2v) is 4.34. The van der Waals surface area contributed by atoms with Crippen molar-refractivity contribution >= 4 is 27.4 Å². The van der Waals surface area contributed by atoms with Crippen LogP contribution in [0.5, 0.6) is 0 Å². The quantitative estimate of drug-likeness (QED) is 0.604. The summed E-state index contributed by atoms with van der Waals surface area (Å²) in [6, 6.07) is 3.65. The van der Waals surface area contributed by atoms with E-state index >= 15 is 0 Å². The molecule has 0 atom stereocenters. The third-order valence-corrected chi connectivity index (χ3v) is 2.32. The molecule has 1 aromatic heterocycles. The number of rotatable bonds is 2. The third kappa shape index (κ3) is 5.60. The maximum absolute atomic E-state index is 10.4. The number of sulfonamides is 1. The second kappa shape index (κ2) is 5.66. The van der Waals surface area contributed by atoms with Gasteiger partial charge in [0.25, 0.3) is 0 Å². The van der Waals surface area contributed by atoms with Crippen LogP contribution >= 0.6 is 11.3 Å². The molecular weight excluding hydrogens is 221 g/mol. The molecule has 0 bridgehead atoms. The minimum Gasteiger partial charge on any atom is -1.00 e. The van der Waals surface area contributed by atoms with Crippen LogP contribution in [0.4, 0.5) is 0 Å². The summed E-state index contributed by atoms with van der Waals surface area (Å²) in [5, 5.41) is 7.59. The van der Waals surface area contributed by atoms with Crippen LogP contribution in [0.15, 0.2) is 22.9 Å². The Labute approximate surface area is 120 Å². The SMILES string of the molecule is NS(=O)(=O)C=Cc1cccs1.[H-].[K+]. The van der Waals surface area contributed by atoms with Gasteiger partial charge in [-0.25, -0.2) is 13.6 Å². The Balaban J connectivity index is 0. The van der Waals surface area contributed by atoms with Gasteiger partial charge in [-0.1, -0.05) is 6.07 Å². The fourth-order valence-corrected chi connectivity index (χ4v) is 1.59. The molecule has 0 aliphatic heterocycles. The van der Waals surface area contributed by atoms with Gasteiger partial charge in [0.2, 0.25) is 10.0 Å². The first-order valence-corrected chi connectivity index (χ1v) is 5.31. The summed E-state index contributed by atoms with van der Waals surface area (Å²) in [6.07, 6.45) is 1.47. The summed E-state index contributed by atoms with van der Waals surface area (Å²) in [4.78, 5) is 0.874. The van der Waals surface area contributed by atoms with E-state index in [4.69, 9.17) is 5.14 Å². The summed E-state index contributed by atoms with van der Waals surface area (Å²) in [5.74, 6) is 0. The number of primary sulfonamides is 1. The standard InChI is InChI=1S/C6H7NO2S2.K.H/c7-11(8,9)5-3-6-2-1-4-10-6;;/h1-5H,(H2,7,8,9);;/q;+1;-1. The predicted molar refractivity (Wildman–Crippen MR) is 47.6 cm³/mol. The van der Waals surface area contributed by atoms with E-state index in [0.717, 1.165) is 10.3 Å². The zero-order valence-corrected chi connectivity index (χ0v) is 11.4. The molecule has 1 rings (SSSR count). The van der Waals surface area contributed by atoms with Crippen LogP contribution in [0.3, 0.4) is 0 Å². The summed E-state index contributed by atoms with van der Waals surface area (Å²) in [6.45, 7) is 0. The van der Waals surface area contributed by atoms with Gasteiger partial charge in [0, 0.05) is 10.3 Å². The van der Waals surface area contributed by atoms with Gasteiger partial charge >= 0.3 is 51.4 Å². The Bertz CT molecular complexity index is 347. The molecular formula is C6H8KNO2S2. The number of thiophene rings is 1. The van der Waals surface area contributed by atoms with Crippen LogP contribution in [-0.2, 0) is 10.0 Å². The third-order valence-electron chi connectivity index (χ3n) is 0.965. The number of hydrogen-bond donors (Lipinski definition) is 1. The fourth-order valence-electron chi connectivity index (χ4n) is 0.548. The van der Waals surface area contributed by atoms with Crippen molar-refractivity contribution in [2.75, 3.05) is 0 Å². The van der Waals surface area contributed by atoms with Gasteiger partial charge in [-0.3, -0.25) is 0 Å². The molecule has 0 fully saturated rings. The molecule has 0 saturated heterocycles. The predicted octanol–water partition coefficient (Wildman–Crippen LogP) is -1.88. The van der Waals surface area contributed by atoms with Crippen LogP contribution < -0.4 is 56.5 Å². The van der Waals surface area contributed by atoms with Crippen LogP contribution in [-0.4, -0.2) is 8.42 Å². The number of hydrogen-bond acceptors (Lipinski definition) is 3. The van der Waals surface area contributed by atoms with Gasteiger partial charge in [0.15, 0.2) is 0 Å². The Hall–Kier alpha value is 0.986. The van der Waals surface area contributed by atoms with Crippen molar-refractivity contribution in [1.82, 2.24) is 0 Å². The fraction of sp³-hybridized carbons (Fsp3) is 0. The van der Waals surface area contributed by atoms with E-state index in [-0.39, 0.29) is 52.8 Å². The van der Waals surface area contributed by atoms with E-state index in [9.17, 15) is 8.42 Å². The van der Waals surface area contributed by atoms with Gasteiger partial charge in [0.05, 0.1) is 0 Å². The van der Waals surface area contributed by atoms with Crippen LogP contribution in [0.25, 0.3) is 6.08 Å². The summed E-state index contributed by atoms with van der Waals surface area (Å²) in [5.41, 5.74) is 0. The molecule has 1 aromatic rings. The zero-order chi connectivity index (χ0) is 8.32. The first-order valence-electron chi connectivity index (χ1n) is 2.82. The second-order valence-electron chi connectivity index (χ2n) is 1.91. The molecule has 0 unspecified atom stereocenters. The molecule has 0 aromatic carbocycles. The molecule has 1 heterocycles. The number of nitrogens with two attached hydrogens (primary N) is 1. The van der Waals surface area contributed by atoms with E-state index in [1.165, 1.54) is 17.4 Å². The normalized spacial score (nSPS) is 11.4. The zero-order valence-electron chi connectivity index (χ0n) is 7.60. The molecule has 0 saturated carbocycles. The Kier molecular flexibility index (Phi) is 6.13. The molecule has 3 nitrogen and oxygen atoms in total. The molecule has 0 aliphatic carbocycles. The van der Waals surface area contributed by atoms with Gasteiger partial charge in [-0.2, -0.15) is 0 Å². The average molecular weight is 229 g/mol. The van der Waals surface area contributed by atoms with Crippen molar-refractivity contribution in [3.05, 3.63) is 27.8 Å². The minimum absolute atomic E-state index is 0. The first-order chi connectivity index (χ1) is 5.08. The Morgan fingerprint density at radius 1 is 1.58 bits per heavy atom. The van der Waals surface area contributed by atoms with Crippen LogP contribution in [0.1, 0.15) is 6.30 Å². The monoisotopic (exact) mass is 229 g/mol. The first kappa shape index (κ1) is 13.0. The maximum atomic E-state index is 10.4. The molecule has 2 N–H and O–H groups in total. The van der Waals surface area contributed by atoms with E-state index in [1.807, 2.05) is 17.5 Å². The van der Waals surface area contributed by atoms with Crippen LogP contribution in [0.2, 0.25) is 0 Å². The van der Waals surface area contributed by atoms with Gasteiger partial charge < -0.3 is 1.43 Å². The van der Waals surface area contributed by atoms with Gasteiger partial charge in [0.1, 0.15) is 0 Å². The molecule has 12 heavy (non-hydrogen) atoms. The van der Waals surface area contributed by atoms with Crippen molar-refractivity contribution < 1.29 is 61.2 Å². The molecule has 62 valence electrons. The minimum atomic E-state index is -3.47. The van der Waals surface area contributed by atoms with Gasteiger partial charge in [-0.15, -0.1) is 11.3 Å². The molecule has 0 radical (unpaired) electrons. The summed E-state index contributed by atoms with van der Waals surface area (Å²) < 4.78 is 20.8. The van der Waals surface area contributed by atoms with Gasteiger partial charge in [-0.05, 0) is 17.5 Å². The Morgan fingerprint density at radius 2 is 2.25 bits per heavy atom.